The minimum atomic E-state index is -0.859. The molecule has 2 aliphatic carbocycles. The Morgan fingerprint density at radius 3 is 2.42 bits per heavy atom. The van der Waals surface area contributed by atoms with Gasteiger partial charge in [0, 0.05) is 6.42 Å². The summed E-state index contributed by atoms with van der Waals surface area (Å²) in [4.78, 5) is 37.3. The van der Waals surface area contributed by atoms with E-state index in [0.717, 1.165) is 19.3 Å². The molecule has 3 fully saturated rings. The van der Waals surface area contributed by atoms with E-state index in [1.807, 2.05) is 0 Å². The molecule has 1 saturated heterocycles. The molecule has 0 spiro atoms. The monoisotopic (exact) mass is 265 g/mol. The summed E-state index contributed by atoms with van der Waals surface area (Å²) in [6, 6.07) is -0.405. The Labute approximate surface area is 112 Å². The van der Waals surface area contributed by atoms with Gasteiger partial charge in [-0.2, -0.15) is 0 Å². The Hall–Kier alpha value is -1.39. The molecule has 2 saturated carbocycles. The highest BCUT2D eigenvalue weighted by Gasteiger charge is 2.59. The minimum Gasteiger partial charge on any atom is -0.481 e. The summed E-state index contributed by atoms with van der Waals surface area (Å²) in [6.07, 6.45) is 2.90. The van der Waals surface area contributed by atoms with Gasteiger partial charge in [0.25, 0.3) is 0 Å². The fourth-order valence-corrected chi connectivity index (χ4v) is 4.26. The number of carbonyl (C=O) groups excluding carboxylic acids is 2. The molecule has 0 aromatic rings. The van der Waals surface area contributed by atoms with E-state index >= 15 is 0 Å². The number of carbonyl (C=O) groups is 3. The summed E-state index contributed by atoms with van der Waals surface area (Å²) >= 11 is 0. The second-order valence-electron chi connectivity index (χ2n) is 6.82. The number of likely N-dealkylation sites (tertiary alicyclic amines) is 1. The zero-order valence-corrected chi connectivity index (χ0v) is 11.3. The first-order valence-electron chi connectivity index (χ1n) is 6.92. The molecule has 0 aromatic heterocycles. The van der Waals surface area contributed by atoms with Gasteiger partial charge in [-0.25, -0.2) is 0 Å². The topological polar surface area (TPSA) is 74.7 Å². The Morgan fingerprint density at radius 2 is 1.89 bits per heavy atom. The van der Waals surface area contributed by atoms with Crippen LogP contribution in [0.15, 0.2) is 0 Å². The van der Waals surface area contributed by atoms with E-state index in [4.69, 9.17) is 0 Å². The largest absolute Gasteiger partial charge is 0.481 e. The zero-order chi connectivity index (χ0) is 13.9. The van der Waals surface area contributed by atoms with E-state index in [9.17, 15) is 19.5 Å². The van der Waals surface area contributed by atoms with Crippen molar-refractivity contribution >= 4 is 17.8 Å². The maximum atomic E-state index is 12.4. The van der Waals surface area contributed by atoms with Crippen molar-refractivity contribution in [3.63, 3.8) is 0 Å². The van der Waals surface area contributed by atoms with E-state index < -0.39 is 23.3 Å². The van der Waals surface area contributed by atoms with Crippen LogP contribution in [0, 0.1) is 23.2 Å². The summed E-state index contributed by atoms with van der Waals surface area (Å²) in [7, 11) is 0. The van der Waals surface area contributed by atoms with E-state index in [1.54, 1.807) is 13.8 Å². The Morgan fingerprint density at radius 1 is 1.26 bits per heavy atom. The average Bonchev–Trinajstić information content (AvgIpc) is 2.92. The third-order valence-corrected chi connectivity index (χ3v) is 5.12. The normalized spacial score (nSPS) is 40.2. The van der Waals surface area contributed by atoms with Crippen LogP contribution in [-0.2, 0) is 14.4 Å². The number of carboxylic acid groups (broad SMARTS) is 1. The van der Waals surface area contributed by atoms with Crippen molar-refractivity contribution in [2.75, 3.05) is 0 Å². The summed E-state index contributed by atoms with van der Waals surface area (Å²) in [5.74, 6) is -1.48. The molecule has 3 rings (SSSR count). The first-order chi connectivity index (χ1) is 8.83. The third-order valence-electron chi connectivity index (χ3n) is 5.12. The molecular formula is C14H19NO4. The number of hydrogen-bond donors (Lipinski definition) is 1. The summed E-state index contributed by atoms with van der Waals surface area (Å²) in [6.45, 7) is 3.52. The zero-order valence-electron chi connectivity index (χ0n) is 11.3. The number of imide groups is 1. The van der Waals surface area contributed by atoms with Crippen LogP contribution >= 0.6 is 0 Å². The molecule has 0 radical (unpaired) electrons. The smallest absolute Gasteiger partial charge is 0.308 e. The maximum absolute atomic E-state index is 12.4. The molecule has 5 nitrogen and oxygen atoms in total. The van der Waals surface area contributed by atoms with Gasteiger partial charge in [0.2, 0.25) is 11.8 Å². The molecule has 3 aliphatic rings. The summed E-state index contributed by atoms with van der Waals surface area (Å²) in [5, 5.41) is 9.42. The lowest BCUT2D eigenvalue weighted by Gasteiger charge is -2.35. The van der Waals surface area contributed by atoms with E-state index in [0.29, 0.717) is 0 Å². The summed E-state index contributed by atoms with van der Waals surface area (Å²) < 4.78 is 0. The van der Waals surface area contributed by atoms with Crippen LogP contribution in [0.5, 0.6) is 0 Å². The van der Waals surface area contributed by atoms with Crippen LogP contribution < -0.4 is 0 Å². The van der Waals surface area contributed by atoms with Crippen molar-refractivity contribution < 1.29 is 19.5 Å². The first kappa shape index (κ1) is 12.6. The number of fused-ring (bicyclic) bond motifs is 2. The number of amides is 2. The molecule has 1 N–H and O–H groups in total. The molecule has 2 amide bonds. The maximum Gasteiger partial charge on any atom is 0.308 e. The van der Waals surface area contributed by atoms with Crippen LogP contribution in [0.3, 0.4) is 0 Å². The van der Waals surface area contributed by atoms with Crippen molar-refractivity contribution in [2.45, 2.75) is 45.6 Å². The van der Waals surface area contributed by atoms with E-state index in [2.05, 4.69) is 0 Å². The van der Waals surface area contributed by atoms with Gasteiger partial charge < -0.3 is 5.11 Å². The first-order valence-corrected chi connectivity index (χ1v) is 6.92. The van der Waals surface area contributed by atoms with Crippen molar-refractivity contribution in [3.05, 3.63) is 0 Å². The second kappa shape index (κ2) is 3.81. The molecule has 19 heavy (non-hydrogen) atoms. The van der Waals surface area contributed by atoms with Gasteiger partial charge in [-0.15, -0.1) is 0 Å². The summed E-state index contributed by atoms with van der Waals surface area (Å²) in [5.41, 5.74) is -0.679. The standard InChI is InChI=1S/C14H19NO4/c1-14(2)6-9(16)15(13(14)19)11-8-4-3-7(5-8)10(11)12(17)18/h7-8,10-11H,3-6H2,1-2H3,(H,17,18). The number of carboxylic acids is 1. The molecule has 2 bridgehead atoms. The molecule has 4 unspecified atom stereocenters. The Kier molecular flexibility index (Phi) is 2.53. The number of aliphatic carboxylic acids is 1. The fraction of sp³-hybridized carbons (Fsp3) is 0.786. The molecular weight excluding hydrogens is 246 g/mol. The van der Waals surface area contributed by atoms with Gasteiger partial charge in [-0.1, -0.05) is 13.8 Å². The minimum absolute atomic E-state index is 0.136. The van der Waals surface area contributed by atoms with Crippen LogP contribution in [0.25, 0.3) is 0 Å². The number of nitrogens with zero attached hydrogens (tertiary/aromatic N) is 1. The van der Waals surface area contributed by atoms with Crippen molar-refractivity contribution in [1.29, 1.82) is 0 Å². The van der Waals surface area contributed by atoms with E-state index in [1.165, 1.54) is 4.90 Å². The second-order valence-corrected chi connectivity index (χ2v) is 6.82. The highest BCUT2D eigenvalue weighted by atomic mass is 16.4. The quantitative estimate of drug-likeness (QED) is 0.763. The van der Waals surface area contributed by atoms with Gasteiger partial charge in [0.05, 0.1) is 17.4 Å². The molecule has 1 heterocycles. The Balaban J connectivity index is 1.95. The van der Waals surface area contributed by atoms with Gasteiger partial charge in [-0.3, -0.25) is 19.3 Å². The van der Waals surface area contributed by atoms with Crippen LogP contribution in [-0.4, -0.2) is 33.8 Å². The molecule has 5 heteroatoms. The lowest BCUT2D eigenvalue weighted by Crippen LogP contribution is -2.50. The van der Waals surface area contributed by atoms with Crippen molar-refractivity contribution in [1.82, 2.24) is 4.90 Å². The average molecular weight is 265 g/mol. The number of hydrogen-bond acceptors (Lipinski definition) is 3. The highest BCUT2D eigenvalue weighted by molar-refractivity contribution is 6.06. The van der Waals surface area contributed by atoms with Gasteiger partial charge >= 0.3 is 5.97 Å². The van der Waals surface area contributed by atoms with Gasteiger partial charge in [0.1, 0.15) is 0 Å². The van der Waals surface area contributed by atoms with Crippen LogP contribution in [0.2, 0.25) is 0 Å². The predicted molar refractivity (Wildman–Crippen MR) is 66.0 cm³/mol. The lowest BCUT2D eigenvalue weighted by atomic mass is 9.83. The Bertz CT molecular complexity index is 470. The van der Waals surface area contributed by atoms with Crippen molar-refractivity contribution in [3.8, 4) is 0 Å². The van der Waals surface area contributed by atoms with Crippen LogP contribution in [0.4, 0.5) is 0 Å². The lowest BCUT2D eigenvalue weighted by molar-refractivity contribution is -0.152. The number of rotatable bonds is 2. The highest BCUT2D eigenvalue weighted by Crippen LogP contribution is 2.52. The molecule has 104 valence electrons. The molecule has 0 aromatic carbocycles. The fourth-order valence-electron chi connectivity index (χ4n) is 4.26. The van der Waals surface area contributed by atoms with Gasteiger partial charge in [0.15, 0.2) is 0 Å². The molecule has 1 aliphatic heterocycles. The predicted octanol–water partition coefficient (Wildman–Crippen LogP) is 1.27. The van der Waals surface area contributed by atoms with Gasteiger partial charge in [-0.05, 0) is 31.1 Å². The van der Waals surface area contributed by atoms with Crippen molar-refractivity contribution in [2.24, 2.45) is 23.2 Å². The SMILES string of the molecule is CC1(C)CC(=O)N(C2C3CCC(C3)C2C(=O)O)C1=O. The third kappa shape index (κ3) is 1.63. The molecule has 4 atom stereocenters. The van der Waals surface area contributed by atoms with E-state index in [-0.39, 0.29) is 30.1 Å². The van der Waals surface area contributed by atoms with Crippen LogP contribution in [0.1, 0.15) is 39.5 Å².